The number of hydrogen-bond acceptors (Lipinski definition) is 6. The van der Waals surface area contributed by atoms with Gasteiger partial charge in [-0.2, -0.15) is 4.98 Å². The second kappa shape index (κ2) is 12.5. The van der Waals surface area contributed by atoms with Crippen molar-refractivity contribution in [2.24, 2.45) is 0 Å². The molecule has 0 atom stereocenters. The highest BCUT2D eigenvalue weighted by Crippen LogP contribution is 2.31. The molecule has 2 fully saturated rings. The van der Waals surface area contributed by atoms with Gasteiger partial charge in [0.25, 0.3) is 5.56 Å². The summed E-state index contributed by atoms with van der Waals surface area (Å²) in [7, 11) is 0. The highest BCUT2D eigenvalue weighted by atomic mass is 16.1. The average Bonchev–Trinajstić information content (AvgIpc) is 3.76. The van der Waals surface area contributed by atoms with E-state index in [4.69, 9.17) is 4.98 Å². The topological polar surface area (TPSA) is 89.7 Å². The van der Waals surface area contributed by atoms with Crippen molar-refractivity contribution in [3.05, 3.63) is 112 Å². The van der Waals surface area contributed by atoms with Crippen LogP contribution in [0.25, 0.3) is 11.0 Å². The molecule has 0 amide bonds. The first kappa shape index (κ1) is 28.1. The molecule has 3 aromatic heterocycles. The van der Waals surface area contributed by atoms with E-state index in [0.717, 1.165) is 61.1 Å². The van der Waals surface area contributed by atoms with Crippen molar-refractivity contribution < 1.29 is 0 Å². The minimum Gasteiger partial charge on any atom is -0.330 e. The van der Waals surface area contributed by atoms with Gasteiger partial charge in [-0.05, 0) is 87.5 Å². The monoisotopic (exact) mass is 583 g/mol. The van der Waals surface area contributed by atoms with Crippen molar-refractivity contribution in [2.75, 3.05) is 18.4 Å². The Balaban J connectivity index is 1.24. The van der Waals surface area contributed by atoms with Gasteiger partial charge in [0.1, 0.15) is 5.65 Å². The summed E-state index contributed by atoms with van der Waals surface area (Å²) in [5, 5.41) is 7.56. The van der Waals surface area contributed by atoms with Gasteiger partial charge in [0.15, 0.2) is 0 Å². The van der Waals surface area contributed by atoms with E-state index in [1.807, 2.05) is 43.7 Å². The van der Waals surface area contributed by atoms with Gasteiger partial charge in [-0.15, -0.1) is 0 Å². The van der Waals surface area contributed by atoms with Gasteiger partial charge in [0.2, 0.25) is 5.95 Å². The fourth-order valence-electron chi connectivity index (χ4n) is 6.48. The molecule has 5 aromatic rings. The number of piperidine rings is 1. The third-order valence-electron chi connectivity index (χ3n) is 8.98. The number of anilines is 2. The van der Waals surface area contributed by atoms with Crippen LogP contribution in [0.3, 0.4) is 0 Å². The van der Waals surface area contributed by atoms with E-state index >= 15 is 0 Å². The van der Waals surface area contributed by atoms with Gasteiger partial charge in [-0.3, -0.25) is 9.36 Å². The van der Waals surface area contributed by atoms with Crippen molar-refractivity contribution in [2.45, 2.75) is 64.0 Å². The van der Waals surface area contributed by atoms with E-state index in [0.29, 0.717) is 35.7 Å². The zero-order valence-corrected chi connectivity index (χ0v) is 25.1. The van der Waals surface area contributed by atoms with Crippen LogP contribution in [0.2, 0.25) is 0 Å². The van der Waals surface area contributed by atoms with Gasteiger partial charge in [0, 0.05) is 35.1 Å². The first-order valence-corrected chi connectivity index (χ1v) is 15.7. The van der Waals surface area contributed by atoms with Crippen molar-refractivity contribution in [3.63, 3.8) is 0 Å². The predicted molar refractivity (Wildman–Crippen MR) is 174 cm³/mol. The van der Waals surface area contributed by atoms with Gasteiger partial charge in [-0.25, -0.2) is 9.97 Å². The molecule has 44 heavy (non-hydrogen) atoms. The van der Waals surface area contributed by atoms with Crippen LogP contribution < -0.4 is 16.2 Å². The minimum absolute atomic E-state index is 0.174. The Morgan fingerprint density at radius 3 is 2.50 bits per heavy atom. The standard InChI is InChI=1S/C36H37N7O/c1-25-6-8-26(9-7-25)10-11-29-20-30-21-39-36(40-31-14-12-27(13-15-31)28-16-18-37-19-17-28)41-34(30)42(35(29)44)23-33-22-38-24-43(33)32-4-2-3-5-32/h6-9,12-15,20-22,24,28,32,37H,2-5,16-19,23H2,1H3,(H,39,40,41). The maximum absolute atomic E-state index is 14.0. The van der Waals surface area contributed by atoms with Crippen LogP contribution in [0.15, 0.2) is 78.1 Å². The lowest BCUT2D eigenvalue weighted by atomic mass is 9.90. The number of fused-ring (bicyclic) bond motifs is 1. The largest absolute Gasteiger partial charge is 0.330 e. The Morgan fingerprint density at radius 1 is 0.955 bits per heavy atom. The van der Waals surface area contributed by atoms with Crippen LogP contribution in [0, 0.1) is 18.8 Å². The lowest BCUT2D eigenvalue weighted by Crippen LogP contribution is -2.26. The molecule has 4 heterocycles. The van der Waals surface area contributed by atoms with Gasteiger partial charge < -0.3 is 15.2 Å². The number of rotatable bonds is 6. The molecule has 7 rings (SSSR count). The van der Waals surface area contributed by atoms with Gasteiger partial charge in [0.05, 0.1) is 24.1 Å². The number of aryl methyl sites for hydroxylation is 1. The van der Waals surface area contributed by atoms with Crippen LogP contribution in [-0.4, -0.2) is 37.2 Å². The maximum atomic E-state index is 14.0. The summed E-state index contributed by atoms with van der Waals surface area (Å²) in [5.41, 5.74) is 6.11. The summed E-state index contributed by atoms with van der Waals surface area (Å²) in [5.74, 6) is 7.35. The fraction of sp³-hybridized carbons (Fsp3) is 0.333. The number of hydrogen-bond donors (Lipinski definition) is 2. The maximum Gasteiger partial charge on any atom is 0.268 e. The average molecular weight is 584 g/mol. The van der Waals surface area contributed by atoms with Gasteiger partial charge >= 0.3 is 0 Å². The molecule has 2 aromatic carbocycles. The molecular weight excluding hydrogens is 546 g/mol. The number of nitrogens with zero attached hydrogens (tertiary/aromatic N) is 5. The van der Waals surface area contributed by atoms with E-state index in [1.54, 1.807) is 16.8 Å². The summed E-state index contributed by atoms with van der Waals surface area (Å²) in [6.07, 6.45) is 12.6. The number of aromatic nitrogens is 5. The van der Waals surface area contributed by atoms with Crippen LogP contribution in [-0.2, 0) is 6.54 Å². The van der Waals surface area contributed by atoms with Gasteiger partial charge in [-0.1, -0.05) is 54.5 Å². The molecule has 2 aliphatic rings. The molecule has 1 saturated heterocycles. The molecule has 0 radical (unpaired) electrons. The minimum atomic E-state index is -0.174. The van der Waals surface area contributed by atoms with E-state index in [9.17, 15) is 4.79 Å². The molecule has 8 heteroatoms. The zero-order chi connectivity index (χ0) is 29.9. The van der Waals surface area contributed by atoms with Crippen molar-refractivity contribution in [1.29, 1.82) is 0 Å². The second-order valence-corrected chi connectivity index (χ2v) is 12.0. The van der Waals surface area contributed by atoms with E-state index in [2.05, 4.69) is 61.3 Å². The van der Waals surface area contributed by atoms with Crippen molar-refractivity contribution in [1.82, 2.24) is 29.4 Å². The normalized spacial score (nSPS) is 15.8. The number of imidazole rings is 1. The first-order valence-electron chi connectivity index (χ1n) is 15.7. The summed E-state index contributed by atoms with van der Waals surface area (Å²) < 4.78 is 3.96. The molecule has 222 valence electrons. The van der Waals surface area contributed by atoms with Crippen molar-refractivity contribution >= 4 is 22.7 Å². The summed E-state index contributed by atoms with van der Waals surface area (Å²) in [6.45, 7) is 4.53. The first-order chi connectivity index (χ1) is 21.6. The van der Waals surface area contributed by atoms with Crippen LogP contribution in [0.5, 0.6) is 0 Å². The Kier molecular flexibility index (Phi) is 7.95. The van der Waals surface area contributed by atoms with Crippen LogP contribution in [0.4, 0.5) is 11.6 Å². The molecule has 0 spiro atoms. The number of benzene rings is 2. The smallest absolute Gasteiger partial charge is 0.268 e. The predicted octanol–water partition coefficient (Wildman–Crippen LogP) is 6.07. The summed E-state index contributed by atoms with van der Waals surface area (Å²) in [4.78, 5) is 28.0. The lowest BCUT2D eigenvalue weighted by Gasteiger charge is -2.23. The molecular formula is C36H37N7O. The molecule has 0 bridgehead atoms. The zero-order valence-electron chi connectivity index (χ0n) is 25.1. The van der Waals surface area contributed by atoms with Crippen LogP contribution in [0.1, 0.15) is 78.4 Å². The third-order valence-corrected chi connectivity index (χ3v) is 8.98. The quantitative estimate of drug-likeness (QED) is 0.236. The summed E-state index contributed by atoms with van der Waals surface area (Å²) in [6, 6.07) is 18.8. The molecule has 1 aliphatic heterocycles. The number of nitrogens with one attached hydrogen (secondary N) is 2. The third kappa shape index (κ3) is 6.01. The Bertz CT molecular complexity index is 1880. The molecule has 0 unspecified atom stereocenters. The Labute approximate surface area is 257 Å². The second-order valence-electron chi connectivity index (χ2n) is 12.0. The van der Waals surface area contributed by atoms with E-state index in [-0.39, 0.29) is 5.56 Å². The highest BCUT2D eigenvalue weighted by molar-refractivity contribution is 5.77. The fourth-order valence-corrected chi connectivity index (χ4v) is 6.48. The van der Waals surface area contributed by atoms with Crippen LogP contribution >= 0.6 is 0 Å². The van der Waals surface area contributed by atoms with Crippen molar-refractivity contribution in [3.8, 4) is 11.8 Å². The molecule has 2 N–H and O–H groups in total. The Morgan fingerprint density at radius 2 is 1.73 bits per heavy atom. The van der Waals surface area contributed by atoms with E-state index < -0.39 is 0 Å². The molecule has 1 aliphatic carbocycles. The summed E-state index contributed by atoms with van der Waals surface area (Å²) >= 11 is 0. The SMILES string of the molecule is Cc1ccc(C#Cc2cc3cnc(Nc4ccc(C5CCNCC5)cc4)nc3n(Cc3cncn3C3CCCC3)c2=O)cc1. The Hall–Kier alpha value is -4.74. The molecule has 8 nitrogen and oxygen atoms in total. The number of pyridine rings is 1. The lowest BCUT2D eigenvalue weighted by molar-refractivity contribution is 0.460. The molecule has 1 saturated carbocycles. The van der Waals surface area contributed by atoms with E-state index in [1.165, 1.54) is 24.0 Å². The highest BCUT2D eigenvalue weighted by Gasteiger charge is 2.21.